The van der Waals surface area contributed by atoms with Gasteiger partial charge in [0.15, 0.2) is 0 Å². The lowest BCUT2D eigenvalue weighted by Gasteiger charge is -2.38. The third kappa shape index (κ3) is 6.42. The van der Waals surface area contributed by atoms with Gasteiger partial charge in [-0.05, 0) is 32.8 Å². The first-order valence-electron chi connectivity index (χ1n) is 8.47. The summed E-state index contributed by atoms with van der Waals surface area (Å²) in [7, 11) is 0. The SMILES string of the molecule is CC(C)(F)C(c1cccc(C#N)c1F)N(CCN)C1CC1.O=C(O)C(F)(F)F. The van der Waals surface area contributed by atoms with Gasteiger partial charge >= 0.3 is 12.1 Å². The van der Waals surface area contributed by atoms with Crippen LogP contribution in [0.5, 0.6) is 0 Å². The van der Waals surface area contributed by atoms with Gasteiger partial charge in [-0.25, -0.2) is 13.6 Å². The van der Waals surface area contributed by atoms with E-state index in [0.717, 1.165) is 12.8 Å². The van der Waals surface area contributed by atoms with E-state index in [1.807, 2.05) is 11.0 Å². The third-order valence-electron chi connectivity index (χ3n) is 4.07. The number of halogens is 5. The van der Waals surface area contributed by atoms with Crippen molar-refractivity contribution in [1.82, 2.24) is 4.90 Å². The molecule has 3 N–H and O–H groups in total. The van der Waals surface area contributed by atoms with E-state index in [9.17, 15) is 22.0 Å². The van der Waals surface area contributed by atoms with Gasteiger partial charge in [0.25, 0.3) is 0 Å². The molecule has 2 rings (SSSR count). The second-order valence-electron chi connectivity index (χ2n) is 6.85. The number of nitrogens with zero attached hydrogens (tertiary/aromatic N) is 2. The Morgan fingerprint density at radius 2 is 1.89 bits per heavy atom. The number of benzene rings is 1. The predicted molar refractivity (Wildman–Crippen MR) is 91.5 cm³/mol. The number of nitrogens with two attached hydrogens (primary N) is 1. The molecule has 0 spiro atoms. The second-order valence-corrected chi connectivity index (χ2v) is 6.85. The quantitative estimate of drug-likeness (QED) is 0.704. The first-order valence-corrected chi connectivity index (χ1v) is 8.47. The van der Waals surface area contributed by atoms with Crippen LogP contribution < -0.4 is 5.73 Å². The van der Waals surface area contributed by atoms with Crippen molar-refractivity contribution in [2.75, 3.05) is 13.1 Å². The van der Waals surface area contributed by atoms with Crippen LogP contribution in [-0.4, -0.2) is 47.0 Å². The molecule has 0 heterocycles. The molecule has 1 aliphatic rings. The van der Waals surface area contributed by atoms with Gasteiger partial charge in [-0.3, -0.25) is 4.90 Å². The third-order valence-corrected chi connectivity index (χ3v) is 4.07. The summed E-state index contributed by atoms with van der Waals surface area (Å²) in [6.45, 7) is 3.80. The van der Waals surface area contributed by atoms with Crippen LogP contribution in [0.3, 0.4) is 0 Å². The Morgan fingerprint density at radius 1 is 1.36 bits per heavy atom. The lowest BCUT2D eigenvalue weighted by molar-refractivity contribution is -0.192. The summed E-state index contributed by atoms with van der Waals surface area (Å²) in [5, 5.41) is 16.1. The van der Waals surface area contributed by atoms with Crippen LogP contribution in [0.2, 0.25) is 0 Å². The van der Waals surface area contributed by atoms with Gasteiger partial charge in [0.05, 0.1) is 11.6 Å². The lowest BCUT2D eigenvalue weighted by Crippen LogP contribution is -2.44. The van der Waals surface area contributed by atoms with Gasteiger partial charge in [0, 0.05) is 24.7 Å². The van der Waals surface area contributed by atoms with Gasteiger partial charge in [-0.15, -0.1) is 0 Å². The molecule has 5 nitrogen and oxygen atoms in total. The van der Waals surface area contributed by atoms with Crippen LogP contribution in [-0.2, 0) is 4.79 Å². The minimum Gasteiger partial charge on any atom is -0.475 e. The molecule has 0 radical (unpaired) electrons. The molecule has 0 bridgehead atoms. The number of rotatable bonds is 6. The zero-order valence-electron chi connectivity index (χ0n) is 15.4. The van der Waals surface area contributed by atoms with Crippen LogP contribution in [0.4, 0.5) is 22.0 Å². The minimum atomic E-state index is -5.08. The van der Waals surface area contributed by atoms with Gasteiger partial charge in [-0.1, -0.05) is 12.1 Å². The highest BCUT2D eigenvalue weighted by atomic mass is 19.4. The fourth-order valence-corrected chi connectivity index (χ4v) is 2.87. The fourth-order valence-electron chi connectivity index (χ4n) is 2.87. The summed E-state index contributed by atoms with van der Waals surface area (Å²) in [6.07, 6.45) is -3.13. The highest BCUT2D eigenvalue weighted by Crippen LogP contribution is 2.42. The van der Waals surface area contributed by atoms with Gasteiger partial charge in [0.2, 0.25) is 0 Å². The van der Waals surface area contributed by atoms with Crippen LogP contribution in [0.15, 0.2) is 18.2 Å². The minimum absolute atomic E-state index is 0.0507. The topological polar surface area (TPSA) is 90.4 Å². The Kier molecular flexibility index (Phi) is 7.90. The van der Waals surface area contributed by atoms with Crippen molar-refractivity contribution in [3.63, 3.8) is 0 Å². The Hall–Kier alpha value is -2.25. The molecule has 1 fully saturated rings. The molecule has 1 aliphatic carbocycles. The number of hydrogen-bond donors (Lipinski definition) is 2. The van der Waals surface area contributed by atoms with Crippen LogP contribution in [0, 0.1) is 17.1 Å². The van der Waals surface area contributed by atoms with E-state index >= 15 is 0 Å². The molecule has 0 aliphatic heterocycles. The van der Waals surface area contributed by atoms with Crippen LogP contribution >= 0.6 is 0 Å². The summed E-state index contributed by atoms with van der Waals surface area (Å²) in [4.78, 5) is 10.8. The molecule has 1 aromatic carbocycles. The zero-order valence-corrected chi connectivity index (χ0v) is 15.4. The number of hydrogen-bond acceptors (Lipinski definition) is 4. The average Bonchev–Trinajstić information content (AvgIpc) is 3.39. The number of carboxylic acid groups (broad SMARTS) is 1. The molecule has 1 aromatic rings. The standard InChI is InChI=1S/C16H21F2N3.C2HF3O2/c1-16(2,18)15(21(9-8-19)12-6-7-12)13-5-3-4-11(10-20)14(13)17;3-2(4,5)1(6)7/h3-5,12,15H,6-9,19H2,1-2H3;(H,6,7). The van der Waals surface area contributed by atoms with Crippen molar-refractivity contribution < 1.29 is 31.9 Å². The normalized spacial score (nSPS) is 15.4. The molecule has 1 saturated carbocycles. The van der Waals surface area contributed by atoms with Gasteiger partial charge in [-0.2, -0.15) is 18.4 Å². The first-order chi connectivity index (χ1) is 12.8. The van der Waals surface area contributed by atoms with Crippen molar-refractivity contribution >= 4 is 5.97 Å². The van der Waals surface area contributed by atoms with Crippen molar-refractivity contribution in [2.45, 2.75) is 50.6 Å². The molecular weight excluding hydrogens is 385 g/mol. The lowest BCUT2D eigenvalue weighted by atomic mass is 9.90. The molecule has 156 valence electrons. The molecule has 0 amide bonds. The molecule has 10 heteroatoms. The van der Waals surface area contributed by atoms with E-state index in [1.54, 1.807) is 12.1 Å². The Morgan fingerprint density at radius 3 is 2.25 bits per heavy atom. The average molecular weight is 407 g/mol. The van der Waals surface area contributed by atoms with Crippen molar-refractivity contribution in [1.29, 1.82) is 5.26 Å². The summed E-state index contributed by atoms with van der Waals surface area (Å²) in [5.74, 6) is -3.38. The molecular formula is C18H22F5N3O2. The largest absolute Gasteiger partial charge is 0.490 e. The predicted octanol–water partition coefficient (Wildman–Crippen LogP) is 3.54. The maximum absolute atomic E-state index is 14.8. The second kappa shape index (κ2) is 9.30. The van der Waals surface area contributed by atoms with E-state index < -0.39 is 29.7 Å². The zero-order chi connectivity index (χ0) is 21.7. The van der Waals surface area contributed by atoms with Gasteiger partial charge < -0.3 is 10.8 Å². The van der Waals surface area contributed by atoms with Crippen molar-refractivity contribution in [2.24, 2.45) is 5.73 Å². The number of alkyl halides is 4. The molecule has 0 aromatic heterocycles. The molecule has 0 saturated heterocycles. The number of carbonyl (C=O) groups is 1. The van der Waals surface area contributed by atoms with Gasteiger partial charge in [0.1, 0.15) is 17.6 Å². The fraction of sp³-hybridized carbons (Fsp3) is 0.556. The highest BCUT2D eigenvalue weighted by molar-refractivity contribution is 5.73. The van der Waals surface area contributed by atoms with E-state index in [0.29, 0.717) is 13.1 Å². The smallest absolute Gasteiger partial charge is 0.475 e. The van der Waals surface area contributed by atoms with E-state index in [2.05, 4.69) is 0 Å². The number of aliphatic carboxylic acids is 1. The highest BCUT2D eigenvalue weighted by Gasteiger charge is 2.43. The number of carboxylic acids is 1. The monoisotopic (exact) mass is 407 g/mol. The Labute approximate surface area is 159 Å². The van der Waals surface area contributed by atoms with E-state index in [-0.39, 0.29) is 17.2 Å². The number of nitriles is 1. The first kappa shape index (κ1) is 23.8. The maximum Gasteiger partial charge on any atom is 0.490 e. The molecule has 1 unspecified atom stereocenters. The Balaban J connectivity index is 0.000000480. The molecule has 1 atom stereocenters. The van der Waals surface area contributed by atoms with E-state index in [4.69, 9.17) is 20.9 Å². The summed E-state index contributed by atoms with van der Waals surface area (Å²) < 4.78 is 61.0. The summed E-state index contributed by atoms with van der Waals surface area (Å²) in [5.41, 5.74) is 4.19. The summed E-state index contributed by atoms with van der Waals surface area (Å²) in [6, 6.07) is 5.90. The Bertz CT molecular complexity index is 721. The maximum atomic E-state index is 14.8. The van der Waals surface area contributed by atoms with Crippen molar-refractivity contribution in [3.8, 4) is 6.07 Å². The molecule has 28 heavy (non-hydrogen) atoms. The summed E-state index contributed by atoms with van der Waals surface area (Å²) >= 11 is 0. The van der Waals surface area contributed by atoms with Crippen molar-refractivity contribution in [3.05, 3.63) is 35.1 Å². The van der Waals surface area contributed by atoms with Crippen LogP contribution in [0.25, 0.3) is 0 Å². The van der Waals surface area contributed by atoms with Crippen LogP contribution in [0.1, 0.15) is 43.9 Å². The van der Waals surface area contributed by atoms with E-state index in [1.165, 1.54) is 19.9 Å².